The second kappa shape index (κ2) is 7.23. The van der Waals surface area contributed by atoms with E-state index < -0.39 is 17.8 Å². The number of ether oxygens (including phenoxy) is 1. The molecular weight excluding hydrogens is 331 g/mol. The molecule has 0 fully saturated rings. The van der Waals surface area contributed by atoms with Crippen LogP contribution in [0, 0.1) is 12.7 Å². The van der Waals surface area contributed by atoms with Gasteiger partial charge in [-0.1, -0.05) is 0 Å². The normalized spacial score (nSPS) is 11.7. The fourth-order valence-corrected chi connectivity index (χ4v) is 2.09. The van der Waals surface area contributed by atoms with Crippen molar-refractivity contribution >= 4 is 33.5 Å². The number of benzene rings is 1. The van der Waals surface area contributed by atoms with E-state index in [1.54, 1.807) is 13.0 Å². The summed E-state index contributed by atoms with van der Waals surface area (Å²) in [5.41, 5.74) is 1.36. The average molecular weight is 347 g/mol. The monoisotopic (exact) mass is 346 g/mol. The fraction of sp³-hybridized carbons (Fsp3) is 0.385. The molecule has 1 aromatic rings. The van der Waals surface area contributed by atoms with Gasteiger partial charge in [0.15, 0.2) is 0 Å². The smallest absolute Gasteiger partial charge is 0.330 e. The Morgan fingerprint density at radius 2 is 2.10 bits per heavy atom. The van der Waals surface area contributed by atoms with Crippen LogP contribution in [0.15, 0.2) is 16.6 Å². The quantitative estimate of drug-likeness (QED) is 0.800. The fourth-order valence-electron chi connectivity index (χ4n) is 1.63. The first-order valence-electron chi connectivity index (χ1n) is 5.89. The maximum Gasteiger partial charge on any atom is 0.330 e. The number of hydrogen-bond donors (Lipinski definition) is 2. The molecule has 0 saturated heterocycles. The third-order valence-corrected chi connectivity index (χ3v) is 3.23. The number of halogens is 2. The van der Waals surface area contributed by atoms with Gasteiger partial charge in [0.05, 0.1) is 11.6 Å². The van der Waals surface area contributed by atoms with Crippen LogP contribution in [0.2, 0.25) is 0 Å². The summed E-state index contributed by atoms with van der Waals surface area (Å²) < 4.78 is 18.4. The predicted octanol–water partition coefficient (Wildman–Crippen LogP) is 1.99. The van der Waals surface area contributed by atoms with Crippen molar-refractivity contribution < 1.29 is 18.7 Å². The zero-order chi connectivity index (χ0) is 15.3. The van der Waals surface area contributed by atoms with Crippen LogP contribution in [-0.4, -0.2) is 31.6 Å². The van der Waals surface area contributed by atoms with Crippen molar-refractivity contribution in [2.24, 2.45) is 0 Å². The van der Waals surface area contributed by atoms with E-state index in [4.69, 9.17) is 0 Å². The van der Waals surface area contributed by atoms with Crippen molar-refractivity contribution in [3.8, 4) is 0 Å². The summed E-state index contributed by atoms with van der Waals surface area (Å²) >= 11 is 3.09. The Kier molecular flexibility index (Phi) is 5.94. The zero-order valence-electron chi connectivity index (χ0n) is 11.4. The lowest BCUT2D eigenvalue weighted by Crippen LogP contribution is -2.45. The van der Waals surface area contributed by atoms with Gasteiger partial charge in [-0.2, -0.15) is 0 Å². The Morgan fingerprint density at radius 1 is 1.45 bits per heavy atom. The predicted molar refractivity (Wildman–Crippen MR) is 76.9 cm³/mol. The Morgan fingerprint density at radius 3 is 2.65 bits per heavy atom. The van der Waals surface area contributed by atoms with Crippen molar-refractivity contribution in [1.29, 1.82) is 0 Å². The number of nitrogens with one attached hydrogen (secondary N) is 2. The van der Waals surface area contributed by atoms with Crippen molar-refractivity contribution in [1.82, 2.24) is 5.32 Å². The maximum atomic E-state index is 13.5. The minimum absolute atomic E-state index is 0.105. The summed E-state index contributed by atoms with van der Waals surface area (Å²) in [5.74, 6) is -1.32. The lowest BCUT2D eigenvalue weighted by molar-refractivity contribution is -0.144. The molecule has 2 N–H and O–H groups in total. The lowest BCUT2D eigenvalue weighted by Gasteiger charge is -2.18. The standard InChI is InChI=1S/C13H16BrFN2O3/c1-7-4-9(14)10(15)5-11(7)16-6-12(13(19)20-3)17-8(2)18/h4-5,12,16H,6H2,1-3H3,(H,17,18). The summed E-state index contributed by atoms with van der Waals surface area (Å²) in [7, 11) is 1.24. The zero-order valence-corrected chi connectivity index (χ0v) is 13.0. The molecule has 7 heteroatoms. The van der Waals surface area contributed by atoms with Crippen LogP contribution in [0.5, 0.6) is 0 Å². The highest BCUT2D eigenvalue weighted by Crippen LogP contribution is 2.23. The van der Waals surface area contributed by atoms with Gasteiger partial charge < -0.3 is 15.4 Å². The van der Waals surface area contributed by atoms with Gasteiger partial charge in [-0.3, -0.25) is 4.79 Å². The largest absolute Gasteiger partial charge is 0.467 e. The van der Waals surface area contributed by atoms with Crippen LogP contribution in [0.25, 0.3) is 0 Å². The van der Waals surface area contributed by atoms with Crippen LogP contribution in [0.1, 0.15) is 12.5 Å². The van der Waals surface area contributed by atoms with E-state index in [0.717, 1.165) is 5.56 Å². The number of rotatable bonds is 5. The minimum Gasteiger partial charge on any atom is -0.467 e. The summed E-state index contributed by atoms with van der Waals surface area (Å²) in [6.07, 6.45) is 0. The third kappa shape index (κ3) is 4.48. The first-order valence-corrected chi connectivity index (χ1v) is 6.69. The van der Waals surface area contributed by atoms with E-state index in [0.29, 0.717) is 10.2 Å². The molecule has 1 amide bonds. The second-order valence-electron chi connectivity index (χ2n) is 4.24. The Bertz CT molecular complexity index is 523. The summed E-state index contributed by atoms with van der Waals surface area (Å²) in [6, 6.07) is 2.12. The van der Waals surface area contributed by atoms with Gasteiger partial charge in [0, 0.05) is 19.2 Å². The molecule has 0 bridgehead atoms. The van der Waals surface area contributed by atoms with Gasteiger partial charge in [0.2, 0.25) is 5.91 Å². The molecular formula is C13H16BrFN2O3. The molecule has 20 heavy (non-hydrogen) atoms. The highest BCUT2D eigenvalue weighted by Gasteiger charge is 2.20. The number of methoxy groups -OCH3 is 1. The molecule has 0 heterocycles. The van der Waals surface area contributed by atoms with Gasteiger partial charge in [0.1, 0.15) is 11.9 Å². The SMILES string of the molecule is COC(=O)C(CNc1cc(F)c(Br)cc1C)NC(C)=O. The molecule has 0 spiro atoms. The molecule has 5 nitrogen and oxygen atoms in total. The second-order valence-corrected chi connectivity index (χ2v) is 5.09. The molecule has 110 valence electrons. The van der Waals surface area contributed by atoms with Crippen molar-refractivity contribution in [2.45, 2.75) is 19.9 Å². The van der Waals surface area contributed by atoms with Gasteiger partial charge in [-0.25, -0.2) is 9.18 Å². The number of hydrogen-bond acceptors (Lipinski definition) is 4. The number of aryl methyl sites for hydroxylation is 1. The van der Waals surface area contributed by atoms with Crippen LogP contribution >= 0.6 is 15.9 Å². The average Bonchev–Trinajstić information content (AvgIpc) is 2.38. The highest BCUT2D eigenvalue weighted by molar-refractivity contribution is 9.10. The lowest BCUT2D eigenvalue weighted by atomic mass is 10.2. The number of carbonyl (C=O) groups excluding carboxylic acids is 2. The molecule has 0 aromatic heterocycles. The van der Waals surface area contributed by atoms with Gasteiger partial charge in [-0.15, -0.1) is 0 Å². The van der Waals surface area contributed by atoms with Gasteiger partial charge in [-0.05, 0) is 40.5 Å². The molecule has 0 aliphatic rings. The van der Waals surface area contributed by atoms with Crippen LogP contribution in [0.4, 0.5) is 10.1 Å². The molecule has 1 atom stereocenters. The summed E-state index contributed by atoms with van der Waals surface area (Å²) in [5, 5.41) is 5.39. The number of carbonyl (C=O) groups is 2. The molecule has 0 radical (unpaired) electrons. The van der Waals surface area contributed by atoms with Crippen LogP contribution in [0.3, 0.4) is 0 Å². The van der Waals surface area contributed by atoms with Crippen LogP contribution < -0.4 is 10.6 Å². The number of anilines is 1. The van der Waals surface area contributed by atoms with Gasteiger partial charge in [0.25, 0.3) is 0 Å². The van der Waals surface area contributed by atoms with E-state index >= 15 is 0 Å². The minimum atomic E-state index is -0.830. The first-order chi connectivity index (χ1) is 9.35. The summed E-state index contributed by atoms with van der Waals surface area (Å²) in [6.45, 7) is 3.22. The maximum absolute atomic E-state index is 13.5. The van der Waals surface area contributed by atoms with E-state index in [1.165, 1.54) is 20.1 Å². The van der Waals surface area contributed by atoms with Crippen molar-refractivity contribution in [2.75, 3.05) is 19.0 Å². The van der Waals surface area contributed by atoms with E-state index in [-0.39, 0.29) is 12.5 Å². The molecule has 0 saturated carbocycles. The van der Waals surface area contributed by atoms with Crippen LogP contribution in [-0.2, 0) is 14.3 Å². The Hall–Kier alpha value is -1.63. The topological polar surface area (TPSA) is 67.4 Å². The first kappa shape index (κ1) is 16.4. The highest BCUT2D eigenvalue weighted by atomic mass is 79.9. The third-order valence-electron chi connectivity index (χ3n) is 2.63. The molecule has 0 aliphatic carbocycles. The van der Waals surface area contributed by atoms with Crippen molar-refractivity contribution in [3.63, 3.8) is 0 Å². The number of amides is 1. The molecule has 1 unspecified atom stereocenters. The number of esters is 1. The Labute approximate surface area is 125 Å². The molecule has 1 rings (SSSR count). The van der Waals surface area contributed by atoms with E-state index in [1.807, 2.05) is 0 Å². The Balaban J connectivity index is 2.79. The summed E-state index contributed by atoms with van der Waals surface area (Å²) in [4.78, 5) is 22.6. The van der Waals surface area contributed by atoms with Crippen molar-refractivity contribution in [3.05, 3.63) is 28.0 Å². The van der Waals surface area contributed by atoms with E-state index in [2.05, 4.69) is 31.3 Å². The molecule has 1 aromatic carbocycles. The molecule has 0 aliphatic heterocycles. The van der Waals surface area contributed by atoms with E-state index in [9.17, 15) is 14.0 Å². The van der Waals surface area contributed by atoms with Gasteiger partial charge >= 0.3 is 5.97 Å².